The van der Waals surface area contributed by atoms with Crippen molar-refractivity contribution in [3.05, 3.63) is 76.7 Å². The lowest BCUT2D eigenvalue weighted by atomic mass is 10.1. The quantitative estimate of drug-likeness (QED) is 0.637. The van der Waals surface area contributed by atoms with Crippen LogP contribution in [0.5, 0.6) is 17.2 Å². The third kappa shape index (κ3) is 3.29. The van der Waals surface area contributed by atoms with Gasteiger partial charge < -0.3 is 20.1 Å². The maximum Gasteiger partial charge on any atom is 0.254 e. The summed E-state index contributed by atoms with van der Waals surface area (Å²) < 4.78 is 26.3. The number of anilines is 1. The summed E-state index contributed by atoms with van der Waals surface area (Å²) in [7, 11) is 0. The largest absolute Gasteiger partial charge is 0.487 e. The Labute approximate surface area is 188 Å². The first-order chi connectivity index (χ1) is 16.0. The third-order valence-corrected chi connectivity index (χ3v) is 6.40. The molecule has 33 heavy (non-hydrogen) atoms. The van der Waals surface area contributed by atoms with Crippen LogP contribution in [-0.2, 0) is 11.2 Å². The second kappa shape index (κ2) is 7.30. The molecular weight excluding hydrogens is 425 g/mol. The fourth-order valence-corrected chi connectivity index (χ4v) is 4.70. The highest BCUT2D eigenvalue weighted by Gasteiger charge is 2.59. The van der Waals surface area contributed by atoms with Gasteiger partial charge in [-0.05, 0) is 49.2 Å². The zero-order valence-corrected chi connectivity index (χ0v) is 17.7. The Morgan fingerprint density at radius 3 is 2.97 bits per heavy atom. The topological polar surface area (TPSA) is 89.6 Å². The van der Waals surface area contributed by atoms with Crippen LogP contribution in [0.3, 0.4) is 0 Å². The van der Waals surface area contributed by atoms with E-state index in [0.717, 1.165) is 16.9 Å². The first-order valence-corrected chi connectivity index (χ1v) is 10.8. The minimum Gasteiger partial charge on any atom is -0.487 e. The van der Waals surface area contributed by atoms with Gasteiger partial charge in [-0.2, -0.15) is 0 Å². The molecule has 0 spiro atoms. The fourth-order valence-electron chi connectivity index (χ4n) is 4.70. The van der Waals surface area contributed by atoms with E-state index in [1.54, 1.807) is 31.3 Å². The van der Waals surface area contributed by atoms with Crippen LogP contribution in [0.1, 0.15) is 39.4 Å². The number of pyridine rings is 1. The van der Waals surface area contributed by atoms with Crippen LogP contribution in [0.25, 0.3) is 0 Å². The molecule has 1 aliphatic carbocycles. The van der Waals surface area contributed by atoms with Crippen LogP contribution in [-0.4, -0.2) is 28.9 Å². The van der Waals surface area contributed by atoms with E-state index in [1.807, 2.05) is 18.2 Å². The second-order valence-electron chi connectivity index (χ2n) is 8.53. The van der Waals surface area contributed by atoms with Crippen molar-refractivity contribution < 1.29 is 23.5 Å². The van der Waals surface area contributed by atoms with Crippen LogP contribution in [0, 0.1) is 12.7 Å². The molecule has 7 nitrogen and oxygen atoms in total. The van der Waals surface area contributed by atoms with Crippen molar-refractivity contribution in [2.75, 3.05) is 5.32 Å². The molecule has 0 saturated heterocycles. The van der Waals surface area contributed by atoms with Gasteiger partial charge in [0, 0.05) is 23.7 Å². The molecular formula is C25H20FN3O4. The number of hydrogen-bond donors (Lipinski definition) is 2. The molecule has 0 bridgehead atoms. The van der Waals surface area contributed by atoms with Crippen LogP contribution in [0.4, 0.5) is 10.2 Å². The van der Waals surface area contributed by atoms with E-state index in [0.29, 0.717) is 35.7 Å². The maximum absolute atomic E-state index is 14.2. The average Bonchev–Trinajstić information content (AvgIpc) is 3.30. The molecule has 6 rings (SSSR count). The molecule has 0 unspecified atom stereocenters. The van der Waals surface area contributed by atoms with Gasteiger partial charge in [0.15, 0.2) is 0 Å². The number of fused-ring (bicyclic) bond motifs is 4. The van der Waals surface area contributed by atoms with Gasteiger partial charge >= 0.3 is 0 Å². The van der Waals surface area contributed by atoms with Crippen LogP contribution in [0.2, 0.25) is 0 Å². The van der Waals surface area contributed by atoms with Crippen molar-refractivity contribution in [1.29, 1.82) is 0 Å². The third-order valence-electron chi connectivity index (χ3n) is 6.40. The van der Waals surface area contributed by atoms with E-state index in [2.05, 4.69) is 15.6 Å². The normalized spacial score (nSPS) is 21.8. The summed E-state index contributed by atoms with van der Waals surface area (Å²) in [6, 6.07) is 11.7. The summed E-state index contributed by atoms with van der Waals surface area (Å²) in [6.07, 6.45) is 2.38. The van der Waals surface area contributed by atoms with Crippen LogP contribution in [0.15, 0.2) is 48.7 Å². The van der Waals surface area contributed by atoms with E-state index >= 15 is 0 Å². The minimum atomic E-state index is -0.535. The number of hydrogen-bond acceptors (Lipinski definition) is 5. The maximum atomic E-state index is 14.2. The highest BCUT2D eigenvalue weighted by atomic mass is 19.1. The summed E-state index contributed by atoms with van der Waals surface area (Å²) in [6.45, 7) is 1.71. The van der Waals surface area contributed by atoms with E-state index < -0.39 is 11.7 Å². The van der Waals surface area contributed by atoms with Gasteiger partial charge in [0.05, 0.1) is 17.5 Å². The number of aryl methyl sites for hydroxylation is 1. The molecule has 0 radical (unpaired) electrons. The summed E-state index contributed by atoms with van der Waals surface area (Å²) in [5, 5.41) is 5.69. The lowest BCUT2D eigenvalue weighted by Gasteiger charge is -2.19. The Morgan fingerprint density at radius 2 is 2.12 bits per heavy atom. The van der Waals surface area contributed by atoms with Gasteiger partial charge in [0.25, 0.3) is 5.91 Å². The van der Waals surface area contributed by atoms with Crippen molar-refractivity contribution >= 4 is 17.6 Å². The number of rotatable bonds is 4. The molecule has 1 saturated carbocycles. The van der Waals surface area contributed by atoms with Crippen molar-refractivity contribution in [2.24, 2.45) is 0 Å². The number of amides is 2. The van der Waals surface area contributed by atoms with Crippen LogP contribution >= 0.6 is 0 Å². The Kier molecular flexibility index (Phi) is 4.36. The van der Waals surface area contributed by atoms with Gasteiger partial charge in [-0.3, -0.25) is 9.59 Å². The zero-order chi connectivity index (χ0) is 22.7. The smallest absolute Gasteiger partial charge is 0.254 e. The Morgan fingerprint density at radius 1 is 1.24 bits per heavy atom. The van der Waals surface area contributed by atoms with Gasteiger partial charge in [0.2, 0.25) is 5.91 Å². The number of nitrogens with one attached hydrogen (secondary N) is 2. The lowest BCUT2D eigenvalue weighted by Crippen LogP contribution is -2.31. The van der Waals surface area contributed by atoms with Crippen molar-refractivity contribution in [3.63, 3.8) is 0 Å². The SMILES string of the molecule is Cc1cccc(F)c1C(=O)N[C@H]1[C@H]2Oc3ccc(Oc4ccnc5c4CCC(=O)N5)cc3[C@@H]12. The highest BCUT2D eigenvalue weighted by Crippen LogP contribution is 2.54. The minimum absolute atomic E-state index is 0.00905. The number of nitrogens with zero attached hydrogens (tertiary/aromatic N) is 1. The van der Waals surface area contributed by atoms with Crippen molar-refractivity contribution in [2.45, 2.75) is 37.8 Å². The molecule has 166 valence electrons. The van der Waals surface area contributed by atoms with E-state index in [9.17, 15) is 14.0 Å². The van der Waals surface area contributed by atoms with E-state index in [4.69, 9.17) is 9.47 Å². The predicted octanol–water partition coefficient (Wildman–Crippen LogP) is 3.86. The number of carbonyl (C=O) groups excluding carboxylic acids is 2. The summed E-state index contributed by atoms with van der Waals surface area (Å²) >= 11 is 0. The van der Waals surface area contributed by atoms with Crippen molar-refractivity contribution in [1.82, 2.24) is 10.3 Å². The van der Waals surface area contributed by atoms with Gasteiger partial charge in [0.1, 0.15) is 35.0 Å². The number of carbonyl (C=O) groups is 2. The number of ether oxygens (including phenoxy) is 2. The van der Waals surface area contributed by atoms with Gasteiger partial charge in [-0.25, -0.2) is 9.37 Å². The molecule has 3 heterocycles. The highest BCUT2D eigenvalue weighted by molar-refractivity contribution is 5.96. The number of benzene rings is 2. The fraction of sp³-hybridized carbons (Fsp3) is 0.240. The monoisotopic (exact) mass is 445 g/mol. The number of halogens is 1. The average molecular weight is 445 g/mol. The Balaban J connectivity index is 1.21. The molecule has 2 amide bonds. The molecule has 1 aromatic heterocycles. The van der Waals surface area contributed by atoms with Crippen LogP contribution < -0.4 is 20.1 Å². The molecule has 3 aliphatic rings. The molecule has 3 atom stereocenters. The molecule has 3 aromatic rings. The summed E-state index contributed by atoms with van der Waals surface area (Å²) in [5.74, 6) is 1.53. The number of aromatic nitrogens is 1. The molecule has 2 aliphatic heterocycles. The Hall–Kier alpha value is -3.94. The Bertz CT molecular complexity index is 1300. The molecule has 2 aromatic carbocycles. The van der Waals surface area contributed by atoms with Gasteiger partial charge in [-0.1, -0.05) is 12.1 Å². The second-order valence-corrected chi connectivity index (χ2v) is 8.53. The summed E-state index contributed by atoms with van der Waals surface area (Å²) in [5.41, 5.74) is 2.47. The standard InChI is InChI=1S/C25H20FN3O4/c1-12-3-2-4-16(26)20(12)25(31)29-22-21-15-11-13(5-7-17(15)33-23(21)22)32-18-9-10-27-24-14(18)6-8-19(30)28-24/h2-5,7,9-11,21-23H,6,8H2,1H3,(H,29,31)(H,27,28,30)/t21-,22+,23-/m0/s1. The van der Waals surface area contributed by atoms with E-state index in [-0.39, 0.29) is 29.5 Å². The lowest BCUT2D eigenvalue weighted by molar-refractivity contribution is -0.116. The summed E-state index contributed by atoms with van der Waals surface area (Å²) in [4.78, 5) is 28.5. The van der Waals surface area contributed by atoms with Crippen molar-refractivity contribution in [3.8, 4) is 17.2 Å². The molecule has 2 N–H and O–H groups in total. The first kappa shape index (κ1) is 19.7. The molecule has 8 heteroatoms. The van der Waals surface area contributed by atoms with Gasteiger partial charge in [-0.15, -0.1) is 0 Å². The molecule has 1 fully saturated rings. The first-order valence-electron chi connectivity index (χ1n) is 10.8. The zero-order valence-electron chi connectivity index (χ0n) is 17.7. The predicted molar refractivity (Wildman–Crippen MR) is 117 cm³/mol. The van der Waals surface area contributed by atoms with E-state index in [1.165, 1.54) is 6.07 Å².